The van der Waals surface area contributed by atoms with Crippen LogP contribution < -0.4 is 0 Å². The standard InChI is InChI=1S/C29H46/c1-7-22(20(2)3)12-11-21(4)25-15-16-26-24-14-13-23-10-8-9-18-28(23,5)27(24)17-19-29(25,26)6/h8-10,13,18,20-22,24-27H,7,11-12,14-17,19H2,1-6H3/t21-,22-,24+,25-,26+,27+,28+,29-/m1/s1. The Balaban J connectivity index is 1.49. The summed E-state index contributed by atoms with van der Waals surface area (Å²) in [5.41, 5.74) is 2.50. The first-order valence-corrected chi connectivity index (χ1v) is 12.9. The molecule has 8 atom stereocenters. The van der Waals surface area contributed by atoms with Crippen molar-refractivity contribution in [1.29, 1.82) is 0 Å². The van der Waals surface area contributed by atoms with E-state index in [1.807, 2.05) is 0 Å². The zero-order valence-corrected chi connectivity index (χ0v) is 20.1. The summed E-state index contributed by atoms with van der Waals surface area (Å²) in [7, 11) is 0. The fraction of sp³-hybridized carbons (Fsp3) is 0.793. The van der Waals surface area contributed by atoms with Crippen molar-refractivity contribution in [2.24, 2.45) is 52.3 Å². The lowest BCUT2D eigenvalue weighted by molar-refractivity contribution is -0.0323. The summed E-state index contributed by atoms with van der Waals surface area (Å²) in [6, 6.07) is 0. The number of fused-ring (bicyclic) bond motifs is 5. The Hall–Kier alpha value is -0.780. The van der Waals surface area contributed by atoms with Gasteiger partial charge in [-0.2, -0.15) is 0 Å². The molecule has 0 nitrogen and oxygen atoms in total. The molecule has 0 unspecified atom stereocenters. The topological polar surface area (TPSA) is 0 Å². The van der Waals surface area contributed by atoms with Crippen LogP contribution in [0.2, 0.25) is 0 Å². The average Bonchev–Trinajstić information content (AvgIpc) is 3.05. The average molecular weight is 395 g/mol. The van der Waals surface area contributed by atoms with Crippen molar-refractivity contribution in [3.8, 4) is 0 Å². The van der Waals surface area contributed by atoms with E-state index in [0.29, 0.717) is 10.8 Å². The summed E-state index contributed by atoms with van der Waals surface area (Å²) in [4.78, 5) is 0. The summed E-state index contributed by atoms with van der Waals surface area (Å²) in [5, 5.41) is 0. The van der Waals surface area contributed by atoms with Crippen LogP contribution >= 0.6 is 0 Å². The molecule has 4 aliphatic carbocycles. The molecule has 0 radical (unpaired) electrons. The number of hydrogen-bond acceptors (Lipinski definition) is 0. The maximum atomic E-state index is 2.71. The second-order valence-corrected chi connectivity index (χ2v) is 12.0. The number of rotatable bonds is 6. The van der Waals surface area contributed by atoms with Crippen molar-refractivity contribution in [2.75, 3.05) is 0 Å². The molecule has 0 aromatic rings. The van der Waals surface area contributed by atoms with Crippen LogP contribution in [0.5, 0.6) is 0 Å². The lowest BCUT2D eigenvalue weighted by atomic mass is 9.48. The molecule has 29 heavy (non-hydrogen) atoms. The predicted octanol–water partition coefficient (Wildman–Crippen LogP) is 8.61. The normalized spacial score (nSPS) is 42.8. The Bertz CT molecular complexity index is 678. The van der Waals surface area contributed by atoms with Gasteiger partial charge in [0.2, 0.25) is 0 Å². The molecule has 0 heteroatoms. The second kappa shape index (κ2) is 8.05. The molecular weight excluding hydrogens is 348 g/mol. The van der Waals surface area contributed by atoms with Gasteiger partial charge >= 0.3 is 0 Å². The van der Waals surface area contributed by atoms with E-state index in [-0.39, 0.29) is 0 Å². The highest BCUT2D eigenvalue weighted by Crippen LogP contribution is 2.66. The molecule has 0 amide bonds. The summed E-state index contributed by atoms with van der Waals surface area (Å²) in [6.45, 7) is 15.1. The van der Waals surface area contributed by atoms with Gasteiger partial charge in [0.1, 0.15) is 0 Å². The highest BCUT2D eigenvalue weighted by molar-refractivity contribution is 5.41. The van der Waals surface area contributed by atoms with E-state index >= 15 is 0 Å². The van der Waals surface area contributed by atoms with E-state index in [0.717, 1.165) is 41.4 Å². The second-order valence-electron chi connectivity index (χ2n) is 12.0. The quantitative estimate of drug-likeness (QED) is 0.423. The first-order chi connectivity index (χ1) is 13.8. The Morgan fingerprint density at radius 1 is 1.00 bits per heavy atom. The van der Waals surface area contributed by atoms with Gasteiger partial charge in [-0.15, -0.1) is 0 Å². The molecule has 2 saturated carbocycles. The van der Waals surface area contributed by atoms with Gasteiger partial charge in [-0.05, 0) is 90.9 Å². The molecule has 0 bridgehead atoms. The largest absolute Gasteiger partial charge is 0.0801 e. The van der Waals surface area contributed by atoms with Gasteiger partial charge in [-0.3, -0.25) is 0 Å². The molecule has 2 fully saturated rings. The van der Waals surface area contributed by atoms with Gasteiger partial charge in [0.25, 0.3) is 0 Å². The summed E-state index contributed by atoms with van der Waals surface area (Å²) in [5.74, 6) is 6.35. The first-order valence-electron chi connectivity index (χ1n) is 12.9. The highest BCUT2D eigenvalue weighted by atomic mass is 14.6. The van der Waals surface area contributed by atoms with Crippen LogP contribution in [0.25, 0.3) is 0 Å². The van der Waals surface area contributed by atoms with Gasteiger partial charge in [0.15, 0.2) is 0 Å². The van der Waals surface area contributed by atoms with Crippen molar-refractivity contribution in [3.05, 3.63) is 36.0 Å². The van der Waals surface area contributed by atoms with E-state index in [2.05, 4.69) is 71.9 Å². The van der Waals surface area contributed by atoms with Crippen LogP contribution in [0.15, 0.2) is 36.0 Å². The van der Waals surface area contributed by atoms with Crippen molar-refractivity contribution < 1.29 is 0 Å². The van der Waals surface area contributed by atoms with Gasteiger partial charge in [-0.1, -0.05) is 84.8 Å². The third-order valence-electron chi connectivity index (χ3n) is 10.5. The fourth-order valence-corrected chi connectivity index (χ4v) is 8.60. The lowest BCUT2D eigenvalue weighted by Gasteiger charge is -2.56. The summed E-state index contributed by atoms with van der Waals surface area (Å²) >= 11 is 0. The van der Waals surface area contributed by atoms with Gasteiger partial charge in [0.05, 0.1) is 0 Å². The van der Waals surface area contributed by atoms with Crippen molar-refractivity contribution in [3.63, 3.8) is 0 Å². The smallest absolute Gasteiger partial charge is 0.0135 e. The molecular formula is C29H46. The molecule has 0 N–H and O–H groups in total. The minimum Gasteiger partial charge on any atom is -0.0801 e. The number of allylic oxidation sites excluding steroid dienone is 6. The highest BCUT2D eigenvalue weighted by Gasteiger charge is 2.58. The minimum atomic E-state index is 0.300. The Morgan fingerprint density at radius 3 is 2.52 bits per heavy atom. The SMILES string of the molecule is CC[C@H](CC[C@@H](C)[C@H]1CC[C@H]2[C@@H]3CC=C4C=CC=C[C@]4(C)[C@H]3CC[C@]12C)C(C)C. The van der Waals surface area contributed by atoms with Crippen molar-refractivity contribution in [1.82, 2.24) is 0 Å². The van der Waals surface area contributed by atoms with E-state index in [1.54, 1.807) is 5.57 Å². The molecule has 0 aliphatic heterocycles. The molecule has 0 aromatic heterocycles. The summed E-state index contributed by atoms with van der Waals surface area (Å²) in [6.07, 6.45) is 23.6. The maximum absolute atomic E-state index is 2.71. The molecule has 0 heterocycles. The van der Waals surface area contributed by atoms with Gasteiger partial charge in [-0.25, -0.2) is 0 Å². The minimum absolute atomic E-state index is 0.300. The van der Waals surface area contributed by atoms with Gasteiger partial charge < -0.3 is 0 Å². The molecule has 162 valence electrons. The number of hydrogen-bond donors (Lipinski definition) is 0. The lowest BCUT2D eigenvalue weighted by Crippen LogP contribution is -2.49. The van der Waals surface area contributed by atoms with Crippen LogP contribution in [0.4, 0.5) is 0 Å². The summed E-state index contributed by atoms with van der Waals surface area (Å²) < 4.78 is 0. The van der Waals surface area contributed by atoms with E-state index in [9.17, 15) is 0 Å². The fourth-order valence-electron chi connectivity index (χ4n) is 8.60. The molecule has 0 saturated heterocycles. The van der Waals surface area contributed by atoms with Crippen LogP contribution in [-0.4, -0.2) is 0 Å². The van der Waals surface area contributed by atoms with E-state index < -0.39 is 0 Å². The zero-order valence-electron chi connectivity index (χ0n) is 20.1. The maximum Gasteiger partial charge on any atom is 0.0135 e. The predicted molar refractivity (Wildman–Crippen MR) is 127 cm³/mol. The first kappa shape index (κ1) is 21.5. The third-order valence-corrected chi connectivity index (χ3v) is 10.5. The van der Waals surface area contributed by atoms with Crippen molar-refractivity contribution in [2.45, 2.75) is 92.9 Å². The van der Waals surface area contributed by atoms with E-state index in [4.69, 9.17) is 0 Å². The molecule has 0 aromatic carbocycles. The van der Waals surface area contributed by atoms with Crippen molar-refractivity contribution >= 4 is 0 Å². The Morgan fingerprint density at radius 2 is 1.79 bits per heavy atom. The third kappa shape index (κ3) is 3.51. The van der Waals surface area contributed by atoms with Crippen LogP contribution in [0, 0.1) is 52.3 Å². The Kier molecular flexibility index (Phi) is 5.95. The van der Waals surface area contributed by atoms with Crippen LogP contribution in [0.3, 0.4) is 0 Å². The van der Waals surface area contributed by atoms with Gasteiger partial charge in [0, 0.05) is 5.41 Å². The Labute approximate surface area is 181 Å². The molecule has 4 rings (SSSR count). The monoisotopic (exact) mass is 394 g/mol. The van der Waals surface area contributed by atoms with Crippen LogP contribution in [0.1, 0.15) is 92.9 Å². The van der Waals surface area contributed by atoms with Crippen LogP contribution in [-0.2, 0) is 0 Å². The molecule has 4 aliphatic rings. The molecule has 0 spiro atoms. The van der Waals surface area contributed by atoms with E-state index in [1.165, 1.54) is 51.4 Å². The zero-order chi connectivity index (χ0) is 20.8.